The van der Waals surface area contributed by atoms with Gasteiger partial charge in [0.25, 0.3) is 0 Å². The molecule has 3 heteroatoms. The summed E-state index contributed by atoms with van der Waals surface area (Å²) in [7, 11) is 2.13. The topological polar surface area (TPSA) is 40.1 Å². The Balaban J connectivity index is 3.89. The van der Waals surface area contributed by atoms with Gasteiger partial charge < -0.3 is 14.4 Å². The van der Waals surface area contributed by atoms with Crippen molar-refractivity contribution in [3.05, 3.63) is 25.3 Å². The summed E-state index contributed by atoms with van der Waals surface area (Å²) in [6.07, 6.45) is 5.52. The zero-order valence-corrected chi connectivity index (χ0v) is 9.58. The molecular formula is C12H21NO2. The second kappa shape index (κ2) is 7.23. The van der Waals surface area contributed by atoms with Crippen LogP contribution < -0.4 is 5.11 Å². The van der Waals surface area contributed by atoms with Gasteiger partial charge in [-0.1, -0.05) is 13.2 Å². The Kier molecular flexibility index (Phi) is 6.71. The number of carbonyl (C=O) groups excluding carboxylic acids is 1. The molecule has 0 aromatic heterocycles. The van der Waals surface area contributed by atoms with Crippen molar-refractivity contribution in [3.8, 4) is 0 Å². The summed E-state index contributed by atoms with van der Waals surface area (Å²) in [5.41, 5.74) is 0. The Morgan fingerprint density at radius 2 is 1.80 bits per heavy atom. The highest BCUT2D eigenvalue weighted by atomic mass is 16.4. The van der Waals surface area contributed by atoms with E-state index in [2.05, 4.69) is 20.2 Å². The molecule has 0 aliphatic carbocycles. The van der Waals surface area contributed by atoms with Gasteiger partial charge in [-0.05, 0) is 31.4 Å². The van der Waals surface area contributed by atoms with E-state index in [1.807, 2.05) is 12.2 Å². The third kappa shape index (κ3) is 6.91. The number of hydrogen-bond donors (Lipinski definition) is 0. The van der Waals surface area contributed by atoms with E-state index in [9.17, 15) is 9.90 Å². The van der Waals surface area contributed by atoms with Gasteiger partial charge in [-0.3, -0.25) is 0 Å². The van der Waals surface area contributed by atoms with E-state index >= 15 is 0 Å². The van der Waals surface area contributed by atoms with Crippen molar-refractivity contribution >= 4 is 5.97 Å². The van der Waals surface area contributed by atoms with Crippen LogP contribution in [-0.4, -0.2) is 37.1 Å². The molecule has 15 heavy (non-hydrogen) atoms. The van der Waals surface area contributed by atoms with Crippen LogP contribution in [0.3, 0.4) is 0 Å². The molecule has 0 saturated heterocycles. The van der Waals surface area contributed by atoms with Crippen LogP contribution >= 0.6 is 0 Å². The molecule has 0 aromatic carbocycles. The van der Waals surface area contributed by atoms with Crippen LogP contribution in [0.4, 0.5) is 0 Å². The summed E-state index contributed by atoms with van der Waals surface area (Å²) in [5, 5.41) is 10.2. The minimum atomic E-state index is -0.961. The first-order chi connectivity index (χ1) is 7.04. The fourth-order valence-corrected chi connectivity index (χ4v) is 1.64. The van der Waals surface area contributed by atoms with Gasteiger partial charge in [-0.25, -0.2) is 0 Å². The minimum Gasteiger partial charge on any atom is -0.550 e. The molecule has 0 amide bonds. The fraction of sp³-hybridized carbons (Fsp3) is 0.583. The van der Waals surface area contributed by atoms with Crippen molar-refractivity contribution < 1.29 is 14.4 Å². The number of hydrogen-bond acceptors (Lipinski definition) is 2. The number of carbonyl (C=O) groups is 1. The van der Waals surface area contributed by atoms with E-state index in [-0.39, 0.29) is 6.42 Å². The summed E-state index contributed by atoms with van der Waals surface area (Å²) in [6, 6.07) is 0. The molecule has 0 atom stereocenters. The first-order valence-electron chi connectivity index (χ1n) is 5.29. The normalized spacial score (nSPS) is 11.0. The molecule has 0 saturated carbocycles. The Labute approximate surface area is 92.3 Å². The van der Waals surface area contributed by atoms with Gasteiger partial charge in [-0.2, -0.15) is 0 Å². The molecule has 0 unspecified atom stereocenters. The first-order valence-corrected chi connectivity index (χ1v) is 5.29. The lowest BCUT2D eigenvalue weighted by molar-refractivity contribution is -0.898. The van der Waals surface area contributed by atoms with E-state index in [1.165, 1.54) is 0 Å². The predicted molar refractivity (Wildman–Crippen MR) is 60.0 cm³/mol. The number of nitrogens with zero attached hydrogens (tertiary/aromatic N) is 1. The van der Waals surface area contributed by atoms with E-state index in [0.717, 1.165) is 30.5 Å². The van der Waals surface area contributed by atoms with Crippen LogP contribution in [-0.2, 0) is 4.79 Å². The molecule has 0 N–H and O–H groups in total. The number of quaternary nitrogens is 1. The van der Waals surface area contributed by atoms with Crippen LogP contribution in [0.1, 0.15) is 19.3 Å². The van der Waals surface area contributed by atoms with Crippen LogP contribution in [0.2, 0.25) is 0 Å². The summed E-state index contributed by atoms with van der Waals surface area (Å²) < 4.78 is 0.847. The van der Waals surface area contributed by atoms with Crippen molar-refractivity contribution in [2.75, 3.05) is 26.7 Å². The third-order valence-electron chi connectivity index (χ3n) is 2.47. The van der Waals surface area contributed by atoms with E-state index in [0.29, 0.717) is 6.42 Å². The van der Waals surface area contributed by atoms with Crippen molar-refractivity contribution in [1.82, 2.24) is 0 Å². The SMILES string of the molecule is C=CC[N+](C)(CC=C)CCCCC(=O)[O-]. The standard InChI is InChI=1S/C12H21NO2/c1-4-9-13(3,10-5-2)11-7-6-8-12(14)15/h4-5H,1-2,6-11H2,3H3. The minimum absolute atomic E-state index is 0.155. The lowest BCUT2D eigenvalue weighted by atomic mass is 10.2. The Bertz CT molecular complexity index is 214. The van der Waals surface area contributed by atoms with Gasteiger partial charge >= 0.3 is 0 Å². The molecule has 0 aliphatic rings. The molecule has 86 valence electrons. The highest BCUT2D eigenvalue weighted by Gasteiger charge is 2.16. The Morgan fingerprint density at radius 1 is 1.27 bits per heavy atom. The van der Waals surface area contributed by atoms with Gasteiger partial charge in [-0.15, -0.1) is 0 Å². The number of unbranched alkanes of at least 4 members (excludes halogenated alkanes) is 1. The van der Waals surface area contributed by atoms with Crippen LogP contribution in [0.15, 0.2) is 25.3 Å². The molecule has 0 fully saturated rings. The average Bonchev–Trinajstić information content (AvgIpc) is 2.13. The van der Waals surface area contributed by atoms with Crippen molar-refractivity contribution in [1.29, 1.82) is 0 Å². The second-order valence-electron chi connectivity index (χ2n) is 4.11. The fourth-order valence-electron chi connectivity index (χ4n) is 1.64. The van der Waals surface area contributed by atoms with Gasteiger partial charge in [0.1, 0.15) is 0 Å². The summed E-state index contributed by atoms with van der Waals surface area (Å²) in [6.45, 7) is 10.2. The zero-order valence-electron chi connectivity index (χ0n) is 9.58. The second-order valence-corrected chi connectivity index (χ2v) is 4.11. The number of likely N-dealkylation sites (N-methyl/N-ethyl adjacent to an activating group) is 1. The molecule has 0 aromatic rings. The molecule has 0 aliphatic heterocycles. The molecule has 0 spiro atoms. The van der Waals surface area contributed by atoms with Crippen molar-refractivity contribution in [2.45, 2.75) is 19.3 Å². The van der Waals surface area contributed by atoms with Gasteiger partial charge in [0.15, 0.2) is 0 Å². The predicted octanol–water partition coefficient (Wildman–Crippen LogP) is 0.725. The van der Waals surface area contributed by atoms with E-state index in [4.69, 9.17) is 0 Å². The van der Waals surface area contributed by atoms with Crippen LogP contribution in [0.25, 0.3) is 0 Å². The van der Waals surface area contributed by atoms with E-state index in [1.54, 1.807) is 0 Å². The quantitative estimate of drug-likeness (QED) is 0.320. The lowest BCUT2D eigenvalue weighted by Crippen LogP contribution is -2.45. The highest BCUT2D eigenvalue weighted by molar-refractivity contribution is 5.63. The largest absolute Gasteiger partial charge is 0.550 e. The Morgan fingerprint density at radius 3 is 2.20 bits per heavy atom. The van der Waals surface area contributed by atoms with Crippen molar-refractivity contribution in [3.63, 3.8) is 0 Å². The first kappa shape index (κ1) is 13.9. The maximum absolute atomic E-state index is 10.2. The molecule has 0 bridgehead atoms. The molecular weight excluding hydrogens is 190 g/mol. The molecule has 3 nitrogen and oxygen atoms in total. The number of carboxylic acid groups (broad SMARTS) is 1. The van der Waals surface area contributed by atoms with Gasteiger partial charge in [0.2, 0.25) is 0 Å². The number of rotatable bonds is 9. The smallest absolute Gasteiger partial charge is 0.0971 e. The number of carboxylic acids is 1. The zero-order chi connectivity index (χ0) is 11.7. The molecule has 0 rings (SSSR count). The highest BCUT2D eigenvalue weighted by Crippen LogP contribution is 2.07. The number of aliphatic carboxylic acids is 1. The summed E-state index contributed by atoms with van der Waals surface area (Å²) in [5.74, 6) is -0.961. The van der Waals surface area contributed by atoms with Gasteiger partial charge in [0.05, 0.1) is 26.7 Å². The van der Waals surface area contributed by atoms with E-state index < -0.39 is 5.97 Å². The maximum Gasteiger partial charge on any atom is 0.0971 e. The van der Waals surface area contributed by atoms with Crippen molar-refractivity contribution in [2.24, 2.45) is 0 Å². The lowest BCUT2D eigenvalue weighted by Gasteiger charge is -2.32. The third-order valence-corrected chi connectivity index (χ3v) is 2.47. The van der Waals surface area contributed by atoms with Gasteiger partial charge in [0, 0.05) is 5.97 Å². The van der Waals surface area contributed by atoms with Crippen LogP contribution in [0.5, 0.6) is 0 Å². The summed E-state index contributed by atoms with van der Waals surface area (Å²) in [4.78, 5) is 10.2. The monoisotopic (exact) mass is 211 g/mol. The maximum atomic E-state index is 10.2. The molecule has 0 heterocycles. The molecule has 0 radical (unpaired) electrons. The Hall–Kier alpha value is -1.09. The van der Waals surface area contributed by atoms with Crippen LogP contribution in [0, 0.1) is 0 Å². The average molecular weight is 211 g/mol. The summed E-state index contributed by atoms with van der Waals surface area (Å²) >= 11 is 0.